The van der Waals surface area contributed by atoms with Crippen molar-refractivity contribution in [3.05, 3.63) is 29.3 Å². The first-order chi connectivity index (χ1) is 8.92. The van der Waals surface area contributed by atoms with Gasteiger partial charge in [-0.25, -0.2) is 4.79 Å². The number of amides is 1. The molecule has 1 aromatic carbocycles. The highest BCUT2D eigenvalue weighted by molar-refractivity contribution is 5.99. The molecule has 1 atom stereocenters. The summed E-state index contributed by atoms with van der Waals surface area (Å²) >= 11 is 0. The minimum absolute atomic E-state index is 0.120. The molecule has 0 aliphatic carbocycles. The van der Waals surface area contributed by atoms with Gasteiger partial charge in [0, 0.05) is 5.69 Å². The molecule has 102 valence electrons. The van der Waals surface area contributed by atoms with Crippen molar-refractivity contribution in [2.24, 2.45) is 0 Å². The molecule has 1 aromatic rings. The van der Waals surface area contributed by atoms with Crippen molar-refractivity contribution < 1.29 is 14.7 Å². The molecule has 1 amide bonds. The monoisotopic (exact) mass is 262 g/mol. The minimum atomic E-state index is -0.987. The number of hydrogen-bond donors (Lipinski definition) is 3. The topological polar surface area (TPSA) is 78.4 Å². The summed E-state index contributed by atoms with van der Waals surface area (Å²) in [7, 11) is 0. The fourth-order valence-electron chi connectivity index (χ4n) is 2.29. The van der Waals surface area contributed by atoms with Gasteiger partial charge in [-0.1, -0.05) is 6.07 Å². The molecule has 2 rings (SSSR count). The molecule has 1 saturated heterocycles. The van der Waals surface area contributed by atoms with Gasteiger partial charge in [0.05, 0.1) is 11.1 Å². The average molecular weight is 262 g/mol. The fourth-order valence-corrected chi connectivity index (χ4v) is 2.29. The number of nitrogens with one attached hydrogen (secondary N) is 2. The molecule has 0 bridgehead atoms. The number of carbonyl (C=O) groups excluding carboxylic acids is 1. The van der Waals surface area contributed by atoms with E-state index in [0.29, 0.717) is 11.3 Å². The number of benzene rings is 1. The summed E-state index contributed by atoms with van der Waals surface area (Å²) in [5.41, 5.74) is 0.842. The molecule has 1 heterocycles. The second-order valence-corrected chi connectivity index (χ2v) is 5.15. The predicted octanol–water partition coefficient (Wildman–Crippen LogP) is 1.77. The van der Waals surface area contributed by atoms with Gasteiger partial charge >= 0.3 is 5.97 Å². The summed E-state index contributed by atoms with van der Waals surface area (Å²) < 4.78 is 0. The van der Waals surface area contributed by atoms with E-state index in [1.54, 1.807) is 19.1 Å². The molecule has 1 aliphatic heterocycles. The van der Waals surface area contributed by atoms with Crippen LogP contribution in [0.2, 0.25) is 0 Å². The molecule has 5 nitrogen and oxygen atoms in total. The van der Waals surface area contributed by atoms with Crippen molar-refractivity contribution in [1.29, 1.82) is 0 Å². The van der Waals surface area contributed by atoms with Crippen molar-refractivity contribution in [2.45, 2.75) is 32.2 Å². The largest absolute Gasteiger partial charge is 0.478 e. The highest BCUT2D eigenvalue weighted by Gasteiger charge is 2.35. The predicted molar refractivity (Wildman–Crippen MR) is 72.4 cm³/mol. The number of carboxylic acids is 1. The normalized spacial score (nSPS) is 22.2. The molecular formula is C14H18N2O3. The van der Waals surface area contributed by atoms with Gasteiger partial charge in [-0.3, -0.25) is 4.79 Å². The summed E-state index contributed by atoms with van der Waals surface area (Å²) in [5, 5.41) is 15.0. The SMILES string of the molecule is Cc1ccc(NC(=O)C2(C)CCCN2)cc1C(=O)O. The van der Waals surface area contributed by atoms with Crippen LogP contribution >= 0.6 is 0 Å². The van der Waals surface area contributed by atoms with Crippen molar-refractivity contribution in [3.8, 4) is 0 Å². The molecule has 1 aliphatic rings. The van der Waals surface area contributed by atoms with E-state index in [0.717, 1.165) is 19.4 Å². The van der Waals surface area contributed by atoms with Crippen LogP contribution in [0, 0.1) is 6.92 Å². The Balaban J connectivity index is 2.17. The summed E-state index contributed by atoms with van der Waals surface area (Å²) in [6, 6.07) is 4.91. The molecule has 1 fully saturated rings. The molecule has 0 saturated carbocycles. The van der Waals surface area contributed by atoms with E-state index in [1.807, 2.05) is 6.92 Å². The van der Waals surface area contributed by atoms with E-state index < -0.39 is 11.5 Å². The van der Waals surface area contributed by atoms with E-state index in [9.17, 15) is 9.59 Å². The Morgan fingerprint density at radius 2 is 2.16 bits per heavy atom. The number of anilines is 1. The van der Waals surface area contributed by atoms with E-state index in [-0.39, 0.29) is 11.5 Å². The van der Waals surface area contributed by atoms with E-state index in [2.05, 4.69) is 10.6 Å². The highest BCUT2D eigenvalue weighted by atomic mass is 16.4. The molecule has 19 heavy (non-hydrogen) atoms. The van der Waals surface area contributed by atoms with E-state index in [4.69, 9.17) is 5.11 Å². The van der Waals surface area contributed by atoms with Gasteiger partial charge in [-0.15, -0.1) is 0 Å². The Kier molecular flexibility index (Phi) is 3.57. The zero-order valence-corrected chi connectivity index (χ0v) is 11.1. The zero-order chi connectivity index (χ0) is 14.0. The molecule has 5 heteroatoms. The highest BCUT2D eigenvalue weighted by Crippen LogP contribution is 2.22. The third kappa shape index (κ3) is 2.76. The maximum absolute atomic E-state index is 12.2. The Bertz CT molecular complexity index is 519. The lowest BCUT2D eigenvalue weighted by Crippen LogP contribution is -2.47. The van der Waals surface area contributed by atoms with Crippen molar-refractivity contribution in [2.75, 3.05) is 11.9 Å². The average Bonchev–Trinajstić information content (AvgIpc) is 2.79. The molecule has 0 spiro atoms. The number of aromatic carboxylic acids is 1. The molecule has 3 N–H and O–H groups in total. The number of aryl methyl sites for hydroxylation is 1. The quantitative estimate of drug-likeness (QED) is 0.775. The van der Waals surface area contributed by atoms with Gasteiger partial charge in [0.25, 0.3) is 0 Å². The Morgan fingerprint density at radius 3 is 2.74 bits per heavy atom. The number of carbonyl (C=O) groups is 2. The van der Waals surface area contributed by atoms with Crippen molar-refractivity contribution >= 4 is 17.6 Å². The fraction of sp³-hybridized carbons (Fsp3) is 0.429. The summed E-state index contributed by atoms with van der Waals surface area (Å²) in [4.78, 5) is 23.2. The van der Waals surface area contributed by atoms with Crippen LogP contribution in [-0.4, -0.2) is 29.1 Å². The van der Waals surface area contributed by atoms with Gasteiger partial charge < -0.3 is 15.7 Å². The second-order valence-electron chi connectivity index (χ2n) is 5.15. The van der Waals surface area contributed by atoms with Crippen molar-refractivity contribution in [1.82, 2.24) is 5.32 Å². The summed E-state index contributed by atoms with van der Waals surface area (Å²) in [5.74, 6) is -1.11. The number of rotatable bonds is 3. The molecule has 0 radical (unpaired) electrons. The first-order valence-corrected chi connectivity index (χ1v) is 6.33. The van der Waals surface area contributed by atoms with Crippen LogP contribution in [0.15, 0.2) is 18.2 Å². The Morgan fingerprint density at radius 1 is 1.42 bits per heavy atom. The molecule has 1 unspecified atom stereocenters. The van der Waals surface area contributed by atoms with Gasteiger partial charge in [0.2, 0.25) is 5.91 Å². The lowest BCUT2D eigenvalue weighted by molar-refractivity contribution is -0.121. The first kappa shape index (κ1) is 13.5. The van der Waals surface area contributed by atoms with Gasteiger partial charge in [-0.2, -0.15) is 0 Å². The zero-order valence-electron chi connectivity index (χ0n) is 11.1. The first-order valence-electron chi connectivity index (χ1n) is 6.33. The van der Waals surface area contributed by atoms with Crippen molar-refractivity contribution in [3.63, 3.8) is 0 Å². The summed E-state index contributed by atoms with van der Waals surface area (Å²) in [6.45, 7) is 4.43. The standard InChI is InChI=1S/C14H18N2O3/c1-9-4-5-10(8-11(9)12(17)18)16-13(19)14(2)6-3-7-15-14/h4-5,8,15H,3,6-7H2,1-2H3,(H,16,19)(H,17,18). The Hall–Kier alpha value is -1.88. The van der Waals surface area contributed by atoms with E-state index in [1.165, 1.54) is 6.07 Å². The minimum Gasteiger partial charge on any atom is -0.478 e. The van der Waals surface area contributed by atoms with Gasteiger partial charge in [0.15, 0.2) is 0 Å². The maximum Gasteiger partial charge on any atom is 0.336 e. The van der Waals surface area contributed by atoms with E-state index >= 15 is 0 Å². The lowest BCUT2D eigenvalue weighted by atomic mass is 9.99. The van der Waals surface area contributed by atoms with Crippen LogP contribution in [0.1, 0.15) is 35.7 Å². The molecular weight excluding hydrogens is 244 g/mol. The van der Waals surface area contributed by atoms with Gasteiger partial charge in [0.1, 0.15) is 0 Å². The van der Waals surface area contributed by atoms with Crippen LogP contribution in [-0.2, 0) is 4.79 Å². The number of hydrogen-bond acceptors (Lipinski definition) is 3. The summed E-state index contributed by atoms with van der Waals surface area (Å²) in [6.07, 6.45) is 1.76. The van der Waals surface area contributed by atoms with Crippen LogP contribution in [0.3, 0.4) is 0 Å². The lowest BCUT2D eigenvalue weighted by Gasteiger charge is -2.23. The van der Waals surface area contributed by atoms with Crippen LogP contribution in [0.5, 0.6) is 0 Å². The van der Waals surface area contributed by atoms with Gasteiger partial charge in [-0.05, 0) is 50.9 Å². The van der Waals surface area contributed by atoms with Crippen LogP contribution < -0.4 is 10.6 Å². The molecule has 0 aromatic heterocycles. The third-order valence-electron chi connectivity index (χ3n) is 3.60. The van der Waals surface area contributed by atoms with Crippen LogP contribution in [0.25, 0.3) is 0 Å². The smallest absolute Gasteiger partial charge is 0.336 e. The third-order valence-corrected chi connectivity index (χ3v) is 3.60. The Labute approximate surface area is 112 Å². The number of carboxylic acid groups (broad SMARTS) is 1. The maximum atomic E-state index is 12.2. The van der Waals surface area contributed by atoms with Crippen LogP contribution in [0.4, 0.5) is 5.69 Å². The second kappa shape index (κ2) is 5.01.